The molecule has 0 rings (SSSR count). The van der Waals surface area contributed by atoms with Crippen molar-refractivity contribution in [1.29, 1.82) is 0 Å². The number of hydrogen-bond donors (Lipinski definition) is 0. The van der Waals surface area contributed by atoms with Crippen LogP contribution >= 0.6 is 0 Å². The lowest BCUT2D eigenvalue weighted by atomic mass is 10.3. The normalized spacial score (nSPS) is 9.50. The molecule has 0 aliphatic carbocycles. The zero-order valence-corrected chi connectivity index (χ0v) is 77.0. The van der Waals surface area contributed by atoms with E-state index in [1.54, 1.807) is 0 Å². The van der Waals surface area contributed by atoms with E-state index in [0.29, 0.717) is 0 Å². The van der Waals surface area contributed by atoms with Gasteiger partial charge in [-0.05, 0) is 0 Å². The van der Waals surface area contributed by atoms with Crippen LogP contribution in [0.25, 0.3) is 0 Å². The lowest BCUT2D eigenvalue weighted by Crippen LogP contribution is -2.39. The summed E-state index contributed by atoms with van der Waals surface area (Å²) in [5.41, 5.74) is 0. The SMILES string of the molecule is CC[O+](CC)CC.CC[O+](CC)CC.CC[O+](CC)CC.CC[O+](CC)CC.CC[O+](CC)CC.CC[O+](CC)CC.CC[O+](CC)CC.CC[O+](CC)CC.CC[O+](CC)CC.CC[O+](CC)CC.CC[O+](CC)CC.CC[O+](CC)CC.[O-]B([O-])F.[O-]B([O-])F.[O-]B([O-])F.[O-]B([O-])F.[O-]B([O-])F.[O-]B([O-])F. The molecule has 108 heavy (non-hydrogen) atoms. The maximum atomic E-state index is 9.89. The van der Waals surface area contributed by atoms with E-state index in [-0.39, 0.29) is 0 Å². The molecule has 0 radical (unpaired) electrons. The first-order valence-electron chi connectivity index (χ1n) is 40.0. The zero-order valence-electron chi connectivity index (χ0n) is 77.0. The molecule has 0 fully saturated rings. The highest BCUT2D eigenvalue weighted by Crippen LogP contribution is 1.97. The molecule has 0 aliphatic rings. The van der Waals surface area contributed by atoms with Crippen LogP contribution in [0, 0.1) is 0 Å². The van der Waals surface area contributed by atoms with E-state index in [0.717, 1.165) is 238 Å². The molecule has 0 spiro atoms. The molecule has 0 atom stereocenters. The van der Waals surface area contributed by atoms with E-state index in [9.17, 15) is 25.9 Å². The highest BCUT2D eigenvalue weighted by Gasteiger charge is 2.01. The zero-order chi connectivity index (χ0) is 89.8. The van der Waals surface area contributed by atoms with Crippen LogP contribution in [-0.4, -0.2) is 282 Å². The summed E-state index contributed by atoms with van der Waals surface area (Å²) in [5.74, 6) is 0. The van der Waals surface area contributed by atoms with Gasteiger partial charge in [-0.15, -0.1) is 0 Å². The van der Waals surface area contributed by atoms with Crippen molar-refractivity contribution in [3.8, 4) is 0 Å². The van der Waals surface area contributed by atoms with Gasteiger partial charge < -0.3 is 139 Å². The summed E-state index contributed by atoms with van der Waals surface area (Å²) in [6.07, 6.45) is 0. The summed E-state index contributed by atoms with van der Waals surface area (Å²) in [6, 6.07) is 0. The van der Waals surface area contributed by atoms with Crippen molar-refractivity contribution in [3.05, 3.63) is 0 Å². The Labute approximate surface area is 667 Å². The second kappa shape index (κ2) is 148. The average Bonchev–Trinajstić information content (AvgIpc) is 3.21. The molecule has 36 heteroatoms. The quantitative estimate of drug-likeness (QED) is 0.0447. The van der Waals surface area contributed by atoms with Gasteiger partial charge in [-0.3, -0.25) is 0 Å². The molecule has 0 saturated carbocycles. The van der Waals surface area contributed by atoms with Gasteiger partial charge in [0.1, 0.15) is 282 Å². The second-order valence-electron chi connectivity index (χ2n) is 19.4. The molecule has 0 saturated heterocycles. The Morgan fingerprint density at radius 1 is 0.111 bits per heavy atom. The topological polar surface area (TPSA) is 309 Å². The summed E-state index contributed by atoms with van der Waals surface area (Å²) in [4.78, 5) is 0. The van der Waals surface area contributed by atoms with Crippen molar-refractivity contribution in [2.75, 3.05) is 238 Å². The van der Waals surface area contributed by atoms with Crippen molar-refractivity contribution in [3.63, 3.8) is 0 Å². The highest BCUT2D eigenvalue weighted by molar-refractivity contribution is 6.28. The van der Waals surface area contributed by atoms with Crippen LogP contribution < -0.4 is 60.3 Å². The van der Waals surface area contributed by atoms with E-state index in [1.807, 2.05) is 0 Å². The first-order valence-corrected chi connectivity index (χ1v) is 40.0. The van der Waals surface area contributed by atoms with Crippen LogP contribution in [0.4, 0.5) is 25.9 Å². The largest absolute Gasteiger partial charge is 0.867 e. The van der Waals surface area contributed by atoms with Crippen LogP contribution in [0.3, 0.4) is 0 Å². The van der Waals surface area contributed by atoms with Gasteiger partial charge in [0.15, 0.2) is 0 Å². The molecular weight excluding hydrogens is 1430 g/mol. The average molecular weight is 1610 g/mol. The summed E-state index contributed by atoms with van der Waals surface area (Å²) in [6.45, 7) is 117. The first kappa shape index (κ1) is 152. The van der Waals surface area contributed by atoms with E-state index in [2.05, 4.69) is 302 Å². The van der Waals surface area contributed by atoms with Gasteiger partial charge in [-0.2, -0.15) is 0 Å². The molecule has 0 aliphatic heterocycles. The molecule has 672 valence electrons. The van der Waals surface area contributed by atoms with Crippen LogP contribution in [0.5, 0.6) is 0 Å². The lowest BCUT2D eigenvalue weighted by Gasteiger charge is -2.11. The van der Waals surface area contributed by atoms with E-state index in [1.165, 1.54) is 0 Å². The summed E-state index contributed by atoms with van der Waals surface area (Å²) >= 11 is 0. The lowest BCUT2D eigenvalue weighted by molar-refractivity contribution is -0.368. The minimum Gasteiger partial charge on any atom is -0.867 e. The predicted molar refractivity (Wildman–Crippen MR) is 434 cm³/mol. The molecule has 0 aromatic heterocycles. The van der Waals surface area contributed by atoms with E-state index >= 15 is 0 Å². The third-order valence-electron chi connectivity index (χ3n) is 14.7. The smallest absolute Gasteiger partial charge is 0.142 e. The second-order valence-corrected chi connectivity index (χ2v) is 19.4. The fourth-order valence-corrected chi connectivity index (χ4v) is 7.35. The molecule has 0 heterocycles. The Morgan fingerprint density at radius 3 is 0.130 bits per heavy atom. The molecule has 0 N–H and O–H groups in total. The summed E-state index contributed by atoms with van der Waals surface area (Å²) in [7, 11) is -19.0. The number of halogens is 6. The fourth-order valence-electron chi connectivity index (χ4n) is 7.35. The van der Waals surface area contributed by atoms with Gasteiger partial charge in [0.25, 0.3) is 0 Å². The van der Waals surface area contributed by atoms with Crippen molar-refractivity contribution in [2.45, 2.75) is 249 Å². The molecule has 0 aromatic rings. The van der Waals surface area contributed by atoms with Gasteiger partial charge in [0.05, 0.1) is 0 Å². The van der Waals surface area contributed by atoms with Crippen molar-refractivity contribution in [2.24, 2.45) is 0 Å². The van der Waals surface area contributed by atoms with Gasteiger partial charge in [-0.25, -0.2) is 0 Å². The van der Waals surface area contributed by atoms with Gasteiger partial charge >= 0.3 is 0 Å². The Bertz CT molecular complexity index is 865. The molecule has 0 unspecified atom stereocenters. The van der Waals surface area contributed by atoms with Gasteiger partial charge in [0.2, 0.25) is 0 Å². The van der Waals surface area contributed by atoms with Crippen molar-refractivity contribution in [1.82, 2.24) is 0 Å². The third-order valence-corrected chi connectivity index (χ3v) is 14.7. The van der Waals surface area contributed by atoms with Crippen molar-refractivity contribution >= 4 is 44.4 Å². The van der Waals surface area contributed by atoms with Crippen LogP contribution in [0.1, 0.15) is 249 Å². The van der Waals surface area contributed by atoms with Gasteiger partial charge in [-0.1, -0.05) is 0 Å². The Kier molecular flexibility index (Phi) is 207. The highest BCUT2D eigenvalue weighted by atomic mass is 19.1. The Hall–Kier alpha value is -0.990. The van der Waals surface area contributed by atoms with E-state index < -0.39 is 44.4 Å². The van der Waals surface area contributed by atoms with Crippen LogP contribution in [-0.2, 0) is 52.4 Å². The summed E-state index contributed by atoms with van der Waals surface area (Å²) < 4.78 is 96.2. The standard InChI is InChI=1S/12C6H15O.6BFO2/c12*1-4-7(5-2)6-3;6*2-1(3)4/h12*4-6H2,1-3H3;;;;;;/q12*+1;6*-2. The minimum atomic E-state index is -3.17. The maximum Gasteiger partial charge on any atom is 0.142 e. The first-order chi connectivity index (χ1) is 50.5. The van der Waals surface area contributed by atoms with E-state index in [4.69, 9.17) is 60.3 Å². The van der Waals surface area contributed by atoms with Gasteiger partial charge in [0, 0.05) is 249 Å². The maximum absolute atomic E-state index is 9.89. The predicted octanol–water partition coefficient (Wildman–Crippen LogP) is 5.15. The Morgan fingerprint density at radius 2 is 0.130 bits per heavy atom. The van der Waals surface area contributed by atoms with Crippen LogP contribution in [0.15, 0.2) is 0 Å². The molecule has 24 nitrogen and oxygen atoms in total. The molecule has 0 aromatic carbocycles. The van der Waals surface area contributed by atoms with Crippen LogP contribution in [0.2, 0.25) is 0 Å². The monoisotopic (exact) mass is 1610 g/mol. The summed E-state index contributed by atoms with van der Waals surface area (Å²) in [5, 5.41) is 99.7. The number of hydrogen-bond acceptors (Lipinski definition) is 12. The number of rotatable bonds is 36. The van der Waals surface area contributed by atoms with Crippen molar-refractivity contribution < 1.29 is 139 Å². The molecular formula is C72H180B6F6O24. The Balaban J connectivity index is -0.0000000498. The fraction of sp³-hybridized carbons (Fsp3) is 1.00. The third kappa shape index (κ3) is 225. The molecule has 0 amide bonds. The molecule has 0 bridgehead atoms. The minimum absolute atomic E-state index is 1.10.